The third-order valence-electron chi connectivity index (χ3n) is 5.11. The number of rotatable bonds is 8. The Morgan fingerprint density at radius 1 is 1.25 bits per heavy atom. The molecule has 3 atom stereocenters. The first kappa shape index (κ1) is 15.8. The first-order valence-electron chi connectivity index (χ1n) is 8.52. The molecule has 114 valence electrons. The molecular weight excluding hydrogens is 246 g/mol. The highest BCUT2D eigenvalue weighted by molar-refractivity contribution is 5.06. The lowest BCUT2D eigenvalue weighted by atomic mass is 9.96. The van der Waals surface area contributed by atoms with Gasteiger partial charge in [0.1, 0.15) is 5.54 Å². The molecule has 3 nitrogen and oxygen atoms in total. The van der Waals surface area contributed by atoms with Gasteiger partial charge in [-0.2, -0.15) is 5.26 Å². The highest BCUT2D eigenvalue weighted by Crippen LogP contribution is 2.27. The van der Waals surface area contributed by atoms with E-state index in [-0.39, 0.29) is 5.54 Å². The lowest BCUT2D eigenvalue weighted by molar-refractivity contribution is 0.192. The van der Waals surface area contributed by atoms with Crippen LogP contribution in [0.25, 0.3) is 0 Å². The molecule has 20 heavy (non-hydrogen) atoms. The number of hydrogen-bond donors (Lipinski definition) is 1. The number of unbranched alkanes of at least 4 members (excludes halogenated alkanes) is 1. The van der Waals surface area contributed by atoms with E-state index in [9.17, 15) is 5.26 Å². The highest BCUT2D eigenvalue weighted by Gasteiger charge is 2.32. The van der Waals surface area contributed by atoms with Crippen molar-refractivity contribution < 1.29 is 0 Å². The molecule has 3 heteroatoms. The van der Waals surface area contributed by atoms with Crippen molar-refractivity contribution in [2.75, 3.05) is 6.54 Å². The minimum atomic E-state index is -0.304. The van der Waals surface area contributed by atoms with Crippen molar-refractivity contribution in [3.05, 3.63) is 0 Å². The second-order valence-electron chi connectivity index (χ2n) is 7.05. The molecule has 1 heterocycles. The van der Waals surface area contributed by atoms with Gasteiger partial charge in [-0.05, 0) is 71.8 Å². The molecule has 0 bridgehead atoms. The number of nitrogens with zero attached hydrogens (tertiary/aromatic N) is 2. The van der Waals surface area contributed by atoms with Crippen LogP contribution in [0.15, 0.2) is 0 Å². The summed E-state index contributed by atoms with van der Waals surface area (Å²) < 4.78 is 0. The zero-order valence-corrected chi connectivity index (χ0v) is 13.5. The first-order valence-corrected chi connectivity index (χ1v) is 8.52. The SMILES string of the molecule is CCC1CCC(C)N1CCCCC(C)(C#N)NC1CC1. The molecule has 0 spiro atoms. The Bertz CT molecular complexity index is 345. The summed E-state index contributed by atoms with van der Waals surface area (Å²) in [6, 6.07) is 4.65. The van der Waals surface area contributed by atoms with E-state index in [1.807, 2.05) is 0 Å². The van der Waals surface area contributed by atoms with Crippen molar-refractivity contribution in [3.8, 4) is 6.07 Å². The fourth-order valence-electron chi connectivity index (χ4n) is 3.58. The van der Waals surface area contributed by atoms with Crippen LogP contribution in [-0.4, -0.2) is 35.1 Å². The Kier molecular flexibility index (Phi) is 5.46. The average molecular weight is 277 g/mol. The van der Waals surface area contributed by atoms with Crippen molar-refractivity contribution in [1.82, 2.24) is 10.2 Å². The van der Waals surface area contributed by atoms with Crippen LogP contribution in [0.1, 0.15) is 72.1 Å². The van der Waals surface area contributed by atoms with E-state index < -0.39 is 0 Å². The molecule has 1 saturated carbocycles. The van der Waals surface area contributed by atoms with Crippen LogP contribution >= 0.6 is 0 Å². The number of nitrogens with one attached hydrogen (secondary N) is 1. The minimum absolute atomic E-state index is 0.304. The van der Waals surface area contributed by atoms with Crippen molar-refractivity contribution in [1.29, 1.82) is 5.26 Å². The maximum atomic E-state index is 9.37. The van der Waals surface area contributed by atoms with Crippen LogP contribution in [0.2, 0.25) is 0 Å². The number of nitriles is 1. The van der Waals surface area contributed by atoms with Gasteiger partial charge in [0.2, 0.25) is 0 Å². The Labute approximate surface area is 124 Å². The predicted octanol–water partition coefficient (Wildman–Crippen LogP) is 3.45. The molecular formula is C17H31N3. The van der Waals surface area contributed by atoms with Gasteiger partial charge in [-0.1, -0.05) is 6.92 Å². The predicted molar refractivity (Wildman–Crippen MR) is 83.5 cm³/mol. The number of hydrogen-bond acceptors (Lipinski definition) is 3. The van der Waals surface area contributed by atoms with E-state index in [0.717, 1.165) is 24.9 Å². The highest BCUT2D eigenvalue weighted by atomic mass is 15.2. The summed E-state index contributed by atoms with van der Waals surface area (Å²) in [5, 5.41) is 12.9. The summed E-state index contributed by atoms with van der Waals surface area (Å²) in [6.45, 7) is 7.95. The van der Waals surface area contributed by atoms with Gasteiger partial charge in [0.25, 0.3) is 0 Å². The molecule has 0 aromatic heterocycles. The van der Waals surface area contributed by atoms with E-state index in [1.165, 1.54) is 45.1 Å². The molecule has 0 aromatic carbocycles. The smallest absolute Gasteiger partial charge is 0.104 e. The van der Waals surface area contributed by atoms with Crippen LogP contribution in [0.3, 0.4) is 0 Å². The zero-order chi connectivity index (χ0) is 14.6. The van der Waals surface area contributed by atoms with E-state index in [4.69, 9.17) is 0 Å². The maximum absolute atomic E-state index is 9.37. The lowest BCUT2D eigenvalue weighted by Gasteiger charge is -2.28. The second-order valence-corrected chi connectivity index (χ2v) is 7.05. The first-order chi connectivity index (χ1) is 9.58. The minimum Gasteiger partial charge on any atom is -0.298 e. The summed E-state index contributed by atoms with van der Waals surface area (Å²) in [6.07, 6.45) is 9.88. The quantitative estimate of drug-likeness (QED) is 0.691. The summed E-state index contributed by atoms with van der Waals surface area (Å²) in [5.74, 6) is 0. The third-order valence-corrected chi connectivity index (χ3v) is 5.11. The molecule has 1 aliphatic heterocycles. The van der Waals surface area contributed by atoms with E-state index in [0.29, 0.717) is 6.04 Å². The molecule has 2 aliphatic rings. The van der Waals surface area contributed by atoms with Crippen molar-refractivity contribution >= 4 is 0 Å². The molecule has 3 unspecified atom stereocenters. The van der Waals surface area contributed by atoms with Crippen molar-refractivity contribution in [2.45, 2.75) is 95.8 Å². The van der Waals surface area contributed by atoms with Crippen LogP contribution < -0.4 is 5.32 Å². The van der Waals surface area contributed by atoms with Crippen LogP contribution in [0, 0.1) is 11.3 Å². The Morgan fingerprint density at radius 3 is 2.60 bits per heavy atom. The molecule has 1 aliphatic carbocycles. The lowest BCUT2D eigenvalue weighted by Crippen LogP contribution is -2.42. The maximum Gasteiger partial charge on any atom is 0.104 e. The summed E-state index contributed by atoms with van der Waals surface area (Å²) in [7, 11) is 0. The molecule has 2 fully saturated rings. The Morgan fingerprint density at radius 2 is 2.00 bits per heavy atom. The number of likely N-dealkylation sites (tertiary alicyclic amines) is 1. The fourth-order valence-corrected chi connectivity index (χ4v) is 3.58. The molecule has 0 amide bonds. The van der Waals surface area contributed by atoms with Crippen molar-refractivity contribution in [3.63, 3.8) is 0 Å². The zero-order valence-electron chi connectivity index (χ0n) is 13.5. The van der Waals surface area contributed by atoms with Crippen LogP contribution in [-0.2, 0) is 0 Å². The Balaban J connectivity index is 1.68. The van der Waals surface area contributed by atoms with Gasteiger partial charge < -0.3 is 0 Å². The average Bonchev–Trinajstić information content (AvgIpc) is 3.17. The fraction of sp³-hybridized carbons (Fsp3) is 0.941. The van der Waals surface area contributed by atoms with E-state index in [1.54, 1.807) is 0 Å². The molecule has 1 N–H and O–H groups in total. The molecule has 2 rings (SSSR count). The topological polar surface area (TPSA) is 39.1 Å². The standard InChI is InChI=1S/C17H31N3/c1-4-16-10-7-14(2)20(16)12-6-5-11-17(3,13-18)19-15-8-9-15/h14-16,19H,4-12H2,1-3H3. The summed E-state index contributed by atoms with van der Waals surface area (Å²) in [4.78, 5) is 2.69. The third kappa shape index (κ3) is 4.20. The second kappa shape index (κ2) is 6.91. The van der Waals surface area contributed by atoms with Gasteiger partial charge in [-0.25, -0.2) is 0 Å². The summed E-state index contributed by atoms with van der Waals surface area (Å²) >= 11 is 0. The normalized spacial score (nSPS) is 30.1. The van der Waals surface area contributed by atoms with E-state index >= 15 is 0 Å². The van der Waals surface area contributed by atoms with Gasteiger partial charge in [-0.3, -0.25) is 10.2 Å². The van der Waals surface area contributed by atoms with Gasteiger partial charge in [0.05, 0.1) is 6.07 Å². The van der Waals surface area contributed by atoms with Crippen LogP contribution in [0.5, 0.6) is 0 Å². The molecule has 1 saturated heterocycles. The Hall–Kier alpha value is -0.590. The summed E-state index contributed by atoms with van der Waals surface area (Å²) in [5.41, 5.74) is -0.304. The monoisotopic (exact) mass is 277 g/mol. The van der Waals surface area contributed by atoms with Gasteiger partial charge >= 0.3 is 0 Å². The van der Waals surface area contributed by atoms with Gasteiger partial charge in [-0.15, -0.1) is 0 Å². The van der Waals surface area contributed by atoms with Gasteiger partial charge in [0.15, 0.2) is 0 Å². The molecule has 0 aromatic rings. The largest absolute Gasteiger partial charge is 0.298 e. The van der Waals surface area contributed by atoms with E-state index in [2.05, 4.69) is 37.1 Å². The molecule has 0 radical (unpaired) electrons. The van der Waals surface area contributed by atoms with Crippen LogP contribution in [0.4, 0.5) is 0 Å². The van der Waals surface area contributed by atoms with Crippen molar-refractivity contribution in [2.24, 2.45) is 0 Å². The van der Waals surface area contributed by atoms with Gasteiger partial charge in [0, 0.05) is 18.1 Å².